The standard InChI is InChI=1S/C16H24N4O2.C3H7N.C2H6/c1-12-6-8-14(9-7-12)5-4-10-22-15-17-11-13(2)18-16(21)20(3)19-15;1-3-4-2;1-2/h6-9,11,15,17,19H,4-5,10H2,1-3H3,(H,18,21);3-4H,1H2,2H3;1-2H3/b13-11+;;. The second-order valence-corrected chi connectivity index (χ2v) is 5.95. The van der Waals surface area contributed by atoms with Gasteiger partial charge in [0, 0.05) is 26.0 Å². The number of hydrogen-bond donors (Lipinski definition) is 4. The van der Waals surface area contributed by atoms with E-state index >= 15 is 0 Å². The zero-order chi connectivity index (χ0) is 21.4. The summed E-state index contributed by atoms with van der Waals surface area (Å²) in [6.45, 7) is 11.9. The molecule has 2 rings (SSSR count). The van der Waals surface area contributed by atoms with Crippen molar-refractivity contribution in [3.8, 4) is 0 Å². The molecule has 4 N–H and O–H groups in total. The molecule has 1 aromatic carbocycles. The van der Waals surface area contributed by atoms with Gasteiger partial charge in [-0.1, -0.05) is 50.3 Å². The molecule has 7 nitrogen and oxygen atoms in total. The molecule has 0 aliphatic carbocycles. The van der Waals surface area contributed by atoms with Gasteiger partial charge in [-0.2, -0.15) is 5.43 Å². The Morgan fingerprint density at radius 3 is 2.43 bits per heavy atom. The van der Waals surface area contributed by atoms with Crippen molar-refractivity contribution in [1.82, 2.24) is 26.4 Å². The lowest BCUT2D eigenvalue weighted by atomic mass is 10.1. The first-order valence-electron chi connectivity index (χ1n) is 9.65. The number of benzene rings is 1. The number of hydrazine groups is 1. The molecule has 1 aliphatic heterocycles. The molecule has 1 atom stereocenters. The van der Waals surface area contributed by atoms with Crippen molar-refractivity contribution < 1.29 is 9.53 Å². The molecule has 0 saturated carbocycles. The zero-order valence-corrected chi connectivity index (χ0v) is 18.1. The monoisotopic (exact) mass is 391 g/mol. The number of nitrogens with zero attached hydrogens (tertiary/aromatic N) is 1. The van der Waals surface area contributed by atoms with E-state index in [-0.39, 0.29) is 6.03 Å². The number of urea groups is 1. The molecule has 0 saturated heterocycles. The van der Waals surface area contributed by atoms with Crippen LogP contribution in [0, 0.1) is 6.92 Å². The highest BCUT2D eigenvalue weighted by molar-refractivity contribution is 5.75. The predicted octanol–water partition coefficient (Wildman–Crippen LogP) is 3.21. The normalized spacial score (nSPS) is 17.6. The Kier molecular flexibility index (Phi) is 14.1. The lowest BCUT2D eigenvalue weighted by molar-refractivity contribution is -0.0228. The molecule has 7 heteroatoms. The van der Waals surface area contributed by atoms with Crippen LogP contribution < -0.4 is 21.4 Å². The van der Waals surface area contributed by atoms with E-state index in [0.717, 1.165) is 18.5 Å². The van der Waals surface area contributed by atoms with E-state index in [4.69, 9.17) is 4.74 Å². The van der Waals surface area contributed by atoms with Crippen molar-refractivity contribution in [3.05, 3.63) is 60.1 Å². The molecule has 2 amide bonds. The summed E-state index contributed by atoms with van der Waals surface area (Å²) in [6.07, 6.45) is 4.81. The Bertz CT molecular complexity index is 587. The summed E-state index contributed by atoms with van der Waals surface area (Å²) in [5.41, 5.74) is 6.26. The lowest BCUT2D eigenvalue weighted by Crippen LogP contribution is -2.56. The molecular weight excluding hydrogens is 354 g/mol. The Hall–Kier alpha value is -2.51. The average molecular weight is 392 g/mol. The van der Waals surface area contributed by atoms with E-state index in [1.165, 1.54) is 16.1 Å². The minimum absolute atomic E-state index is 0.219. The summed E-state index contributed by atoms with van der Waals surface area (Å²) in [7, 11) is 3.46. The van der Waals surface area contributed by atoms with Gasteiger partial charge < -0.3 is 20.7 Å². The van der Waals surface area contributed by atoms with Gasteiger partial charge in [0.15, 0.2) is 0 Å². The smallest absolute Gasteiger partial charge is 0.335 e. The number of hydrogen-bond acceptors (Lipinski definition) is 5. The first kappa shape index (κ1) is 25.5. The molecule has 0 spiro atoms. The van der Waals surface area contributed by atoms with Crippen LogP contribution >= 0.6 is 0 Å². The van der Waals surface area contributed by atoms with E-state index in [0.29, 0.717) is 6.61 Å². The largest absolute Gasteiger partial charge is 0.394 e. The van der Waals surface area contributed by atoms with E-state index in [1.54, 1.807) is 19.4 Å². The Labute approximate surface area is 170 Å². The molecular formula is C21H37N5O2. The predicted molar refractivity (Wildman–Crippen MR) is 116 cm³/mol. The summed E-state index contributed by atoms with van der Waals surface area (Å²) in [5, 5.41) is 9.85. The summed E-state index contributed by atoms with van der Waals surface area (Å²) >= 11 is 0. The van der Waals surface area contributed by atoms with Crippen LogP contribution in [0.2, 0.25) is 0 Å². The highest BCUT2D eigenvalue weighted by Crippen LogP contribution is 2.06. The fraction of sp³-hybridized carbons (Fsp3) is 0.476. The summed E-state index contributed by atoms with van der Waals surface area (Å²) in [6, 6.07) is 8.31. The van der Waals surface area contributed by atoms with E-state index in [1.807, 2.05) is 27.8 Å². The molecule has 0 radical (unpaired) electrons. The molecule has 1 aliphatic rings. The van der Waals surface area contributed by atoms with E-state index < -0.39 is 6.35 Å². The van der Waals surface area contributed by atoms with Gasteiger partial charge in [0.05, 0.1) is 6.61 Å². The lowest BCUT2D eigenvalue weighted by Gasteiger charge is -2.28. The number of rotatable bonds is 6. The highest BCUT2D eigenvalue weighted by Gasteiger charge is 2.16. The quantitative estimate of drug-likeness (QED) is 0.560. The maximum Gasteiger partial charge on any atom is 0.335 e. The number of amides is 2. The third-order valence-electron chi connectivity index (χ3n) is 3.59. The summed E-state index contributed by atoms with van der Waals surface area (Å²) < 4.78 is 5.74. The maximum absolute atomic E-state index is 11.7. The van der Waals surface area contributed by atoms with E-state index in [2.05, 4.69) is 59.1 Å². The van der Waals surface area contributed by atoms with Crippen LogP contribution in [0.5, 0.6) is 0 Å². The number of ether oxygens (including phenoxy) is 1. The first-order chi connectivity index (χ1) is 13.5. The number of nitrogens with one attached hydrogen (secondary N) is 4. The van der Waals surface area contributed by atoms with Crippen LogP contribution in [-0.4, -0.2) is 38.1 Å². The molecule has 0 aromatic heterocycles. The summed E-state index contributed by atoms with van der Waals surface area (Å²) in [4.78, 5) is 11.7. The van der Waals surface area contributed by atoms with Crippen LogP contribution in [0.3, 0.4) is 0 Å². The van der Waals surface area contributed by atoms with Crippen LogP contribution in [0.15, 0.2) is 48.9 Å². The summed E-state index contributed by atoms with van der Waals surface area (Å²) in [5.74, 6) is 0. The minimum Gasteiger partial charge on any atom is -0.394 e. The average Bonchev–Trinajstić information content (AvgIpc) is 2.71. The van der Waals surface area contributed by atoms with Crippen molar-refractivity contribution >= 4 is 6.03 Å². The highest BCUT2D eigenvalue weighted by atomic mass is 16.5. The van der Waals surface area contributed by atoms with Gasteiger partial charge in [-0.25, -0.2) is 4.79 Å². The topological polar surface area (TPSA) is 77.7 Å². The second kappa shape index (κ2) is 15.5. The van der Waals surface area contributed by atoms with Gasteiger partial charge >= 0.3 is 6.03 Å². The third kappa shape index (κ3) is 11.3. The van der Waals surface area contributed by atoms with Crippen molar-refractivity contribution in [2.24, 2.45) is 0 Å². The number of aryl methyl sites for hydroxylation is 2. The SMILES string of the molecule is C/C1=C\NC(OCCCc2ccc(C)cc2)NN(C)C(=O)N1.C=CNC.CC. The number of allylic oxidation sites excluding steroid dienone is 1. The van der Waals surface area contributed by atoms with Gasteiger partial charge in [-0.15, -0.1) is 0 Å². The molecule has 158 valence electrons. The Morgan fingerprint density at radius 2 is 1.86 bits per heavy atom. The number of carbonyl (C=O) groups is 1. The van der Waals surface area contributed by atoms with Gasteiger partial charge in [0.25, 0.3) is 0 Å². The van der Waals surface area contributed by atoms with Crippen molar-refractivity contribution in [2.45, 2.75) is 46.9 Å². The van der Waals surface area contributed by atoms with Gasteiger partial charge in [0.2, 0.25) is 6.35 Å². The van der Waals surface area contributed by atoms with Crippen LogP contribution in [0.25, 0.3) is 0 Å². The first-order valence-corrected chi connectivity index (χ1v) is 9.65. The molecule has 1 aromatic rings. The molecule has 1 heterocycles. The molecule has 28 heavy (non-hydrogen) atoms. The van der Waals surface area contributed by atoms with Crippen LogP contribution in [0.1, 0.15) is 38.3 Å². The number of carbonyl (C=O) groups excluding carboxylic acids is 1. The molecule has 0 fully saturated rings. The van der Waals surface area contributed by atoms with Crippen molar-refractivity contribution in [1.29, 1.82) is 0 Å². The zero-order valence-electron chi connectivity index (χ0n) is 18.1. The van der Waals surface area contributed by atoms with Crippen LogP contribution in [0.4, 0.5) is 4.79 Å². The molecule has 0 bridgehead atoms. The third-order valence-corrected chi connectivity index (χ3v) is 3.59. The van der Waals surface area contributed by atoms with Crippen LogP contribution in [-0.2, 0) is 11.2 Å². The van der Waals surface area contributed by atoms with Crippen molar-refractivity contribution in [3.63, 3.8) is 0 Å². The van der Waals surface area contributed by atoms with E-state index in [9.17, 15) is 4.79 Å². The Morgan fingerprint density at radius 1 is 1.25 bits per heavy atom. The second-order valence-electron chi connectivity index (χ2n) is 5.95. The van der Waals surface area contributed by atoms with Gasteiger partial charge in [0.1, 0.15) is 0 Å². The van der Waals surface area contributed by atoms with Gasteiger partial charge in [-0.3, -0.25) is 5.01 Å². The van der Waals surface area contributed by atoms with Gasteiger partial charge in [-0.05, 0) is 38.5 Å². The minimum atomic E-state index is -0.427. The fourth-order valence-electron chi connectivity index (χ4n) is 2.08. The van der Waals surface area contributed by atoms with Crippen molar-refractivity contribution in [2.75, 3.05) is 20.7 Å². The maximum atomic E-state index is 11.7. The fourth-order valence-corrected chi connectivity index (χ4v) is 2.08. The molecule has 1 unspecified atom stereocenters. The Balaban J connectivity index is 0.00000108.